The highest BCUT2D eigenvalue weighted by Gasteiger charge is 2.25. The summed E-state index contributed by atoms with van der Waals surface area (Å²) >= 11 is 0.890. The number of benzene rings is 9. The molecule has 0 saturated carbocycles. The monoisotopic (exact) mass is 1160 g/mol. The normalized spacial score (nSPS) is 12.4. The first-order chi connectivity index (χ1) is 39.2. The van der Waals surface area contributed by atoms with Crippen molar-refractivity contribution in [1.29, 1.82) is 0 Å². The van der Waals surface area contributed by atoms with Gasteiger partial charge in [0, 0.05) is 50.6 Å². The smallest absolute Gasteiger partial charge is 0.338 e. The number of rotatable bonds is 15. The van der Waals surface area contributed by atoms with Gasteiger partial charge in [-0.2, -0.15) is 37.0 Å². The van der Waals surface area contributed by atoms with Gasteiger partial charge in [-0.05, 0) is 134 Å². The van der Waals surface area contributed by atoms with Crippen LogP contribution in [0, 0.1) is 20.8 Å². The van der Waals surface area contributed by atoms with Gasteiger partial charge in [0.05, 0.1) is 54.5 Å². The van der Waals surface area contributed by atoms with Gasteiger partial charge >= 0.3 is 5.97 Å². The lowest BCUT2D eigenvalue weighted by molar-refractivity contribution is 0.0696. The molecule has 0 unspecified atom stereocenters. The summed E-state index contributed by atoms with van der Waals surface area (Å²) in [6, 6.07) is 31.9. The summed E-state index contributed by atoms with van der Waals surface area (Å²) in [7, 11) is -5.57. The maximum absolute atomic E-state index is 12.9. The Bertz CT molecular complexity index is 4850. The molecule has 2 aromatic heterocycles. The van der Waals surface area contributed by atoms with Gasteiger partial charge in [0.25, 0.3) is 20.2 Å². The number of phenolic OH excluding ortho intramolecular Hbond substituents is 1. The van der Waals surface area contributed by atoms with E-state index in [1.807, 2.05) is 32.0 Å². The van der Waals surface area contributed by atoms with E-state index < -0.39 is 42.5 Å². The first kappa shape index (κ1) is 54.3. The Hall–Kier alpha value is -9.64. The van der Waals surface area contributed by atoms with E-state index in [4.69, 9.17) is 18.8 Å². The zero-order valence-electron chi connectivity index (χ0n) is 43.7. The lowest BCUT2D eigenvalue weighted by Crippen LogP contribution is -2.07. The number of aromatic nitrogens is 6. The van der Waals surface area contributed by atoms with Crippen molar-refractivity contribution in [3.63, 3.8) is 0 Å². The molecule has 0 aliphatic rings. The summed E-state index contributed by atoms with van der Waals surface area (Å²) in [6.07, 6.45) is 0. The summed E-state index contributed by atoms with van der Waals surface area (Å²) in [5.74, 6) is -1.61. The second-order valence-corrected chi connectivity index (χ2v) is 22.2. The quantitative estimate of drug-likeness (QED) is 0.0421. The minimum Gasteiger partial charge on any atom is -0.505 e. The van der Waals surface area contributed by atoms with E-state index in [9.17, 15) is 40.9 Å². The van der Waals surface area contributed by atoms with Crippen LogP contribution >= 0.6 is 12.0 Å². The third-order valence-corrected chi connectivity index (χ3v) is 15.5. The van der Waals surface area contributed by atoms with Crippen LogP contribution in [0.5, 0.6) is 17.2 Å². The molecule has 412 valence electrons. The highest BCUT2D eigenvalue weighted by Crippen LogP contribution is 2.45. The van der Waals surface area contributed by atoms with Gasteiger partial charge in [-0.15, -0.1) is 40.5 Å². The number of carboxylic acids is 1. The number of fused-ring (bicyclic) bond motifs is 7. The number of ether oxygens (including phenoxy) is 2. The van der Waals surface area contributed by atoms with E-state index >= 15 is 0 Å². The minimum atomic E-state index is -5.07. The number of aromatic hydroxyl groups is 1. The number of carboxylic acid groups (broad SMARTS) is 1. The third kappa shape index (κ3) is 10.3. The van der Waals surface area contributed by atoms with Gasteiger partial charge in [0.1, 0.15) is 61.2 Å². The fourth-order valence-electron chi connectivity index (χ4n) is 9.32. The predicted molar refractivity (Wildman–Crippen MR) is 304 cm³/mol. The summed E-state index contributed by atoms with van der Waals surface area (Å²) in [5.41, 5.74) is 5.96. The Balaban J connectivity index is 0.838. The second-order valence-electron chi connectivity index (χ2n) is 18.5. The largest absolute Gasteiger partial charge is 0.505 e. The predicted octanol–water partition coefficient (Wildman–Crippen LogP) is 13.4. The van der Waals surface area contributed by atoms with E-state index in [1.54, 1.807) is 49.4 Å². The van der Waals surface area contributed by atoms with Gasteiger partial charge < -0.3 is 23.9 Å². The number of phenols is 1. The maximum atomic E-state index is 12.9. The van der Waals surface area contributed by atoms with Crippen LogP contribution in [0.25, 0.3) is 65.8 Å². The molecule has 0 spiro atoms. The van der Waals surface area contributed by atoms with Crippen molar-refractivity contribution in [3.05, 3.63) is 144 Å². The summed E-state index contributed by atoms with van der Waals surface area (Å²) in [4.78, 5) is 14.3. The van der Waals surface area contributed by atoms with E-state index in [1.165, 1.54) is 79.5 Å². The molecule has 0 aliphatic carbocycles. The van der Waals surface area contributed by atoms with Gasteiger partial charge in [-0.3, -0.25) is 9.11 Å². The van der Waals surface area contributed by atoms with Crippen LogP contribution in [0.3, 0.4) is 0 Å². The van der Waals surface area contributed by atoms with Gasteiger partial charge in [0.2, 0.25) is 0 Å². The topological polar surface area (TPSA) is 330 Å². The van der Waals surface area contributed by atoms with Crippen molar-refractivity contribution >= 4 is 127 Å². The fourth-order valence-corrected chi connectivity index (χ4v) is 11.2. The summed E-state index contributed by atoms with van der Waals surface area (Å²) < 4.78 is 86.8. The number of carbonyl (C=O) groups is 1. The van der Waals surface area contributed by atoms with E-state index in [2.05, 4.69) is 52.0 Å². The van der Waals surface area contributed by atoms with E-state index in [-0.39, 0.29) is 66.7 Å². The first-order valence-electron chi connectivity index (χ1n) is 24.3. The average Bonchev–Trinajstić information content (AvgIpc) is 4.28. The van der Waals surface area contributed by atoms with Crippen molar-refractivity contribution in [2.24, 2.45) is 30.7 Å². The standard InChI is InChI=1S/C55H42N12O12S3/c1-27-17-28(2)35-11-14-43-51(38(35)18-27)65-67(63-43)46-16-8-32(22-40(46)55(69)70)57-58-41-13-7-31(19-29(41)3)56-59-44-25-48(78-5)45(26-47(44)77-4)60-61-53-50(82(74,75)76)21-30-20-33(9-10-36(30)54(53)68)66-62-42-15-12-37-39(52(42)64-66)23-34(81(71,72)73)24-49(37)80-79-6/h7-26,68H,1-6H3,(H,69,70)(H,71,72,73)(H,74,75,76). The Kier molecular flexibility index (Phi) is 14.0. The molecule has 0 fully saturated rings. The zero-order chi connectivity index (χ0) is 57.9. The fraction of sp³-hybridized carbons (Fsp3) is 0.109. The van der Waals surface area contributed by atoms with Crippen molar-refractivity contribution in [1.82, 2.24) is 30.0 Å². The van der Waals surface area contributed by atoms with Crippen LogP contribution < -0.4 is 9.47 Å². The molecular formula is C55H42N12O12S3. The average molecular weight is 1160 g/mol. The van der Waals surface area contributed by atoms with Gasteiger partial charge in [-0.1, -0.05) is 23.8 Å². The van der Waals surface area contributed by atoms with Crippen molar-refractivity contribution in [3.8, 4) is 28.6 Å². The minimum absolute atomic E-state index is 0.0107. The molecule has 2 heterocycles. The number of aryl methyl sites for hydroxylation is 3. The summed E-state index contributed by atoms with van der Waals surface area (Å²) in [6.45, 7) is 5.82. The second kappa shape index (κ2) is 21.1. The number of methoxy groups -OCH3 is 2. The van der Waals surface area contributed by atoms with Gasteiger partial charge in [-0.25, -0.2) is 4.79 Å². The highest BCUT2D eigenvalue weighted by atomic mass is 32.2. The van der Waals surface area contributed by atoms with Crippen LogP contribution in [-0.4, -0.2) is 93.4 Å². The SMILES string of the molecule is COSc1cc(S(=O)(=O)O)cc2c1ccc1nn(-c3ccc4c(O)c(N=Nc5cc(OC)c(N=Nc6ccc(N=Nc7ccc(-n8nc9ccc%10c(C)cc(C)cc%10c9n8)c(C(=O)O)c7)c(C)c6)cc5OC)c(S(=O)(=O)O)cc4c3)nc12. The molecule has 0 bridgehead atoms. The highest BCUT2D eigenvalue weighted by molar-refractivity contribution is 7.95. The first-order valence-corrected chi connectivity index (χ1v) is 27.9. The molecule has 0 radical (unpaired) electrons. The Morgan fingerprint density at radius 2 is 1.17 bits per heavy atom. The Morgan fingerprint density at radius 1 is 0.561 bits per heavy atom. The zero-order valence-corrected chi connectivity index (χ0v) is 46.1. The van der Waals surface area contributed by atoms with Crippen LogP contribution in [-0.2, 0) is 24.4 Å². The van der Waals surface area contributed by atoms with Crippen LogP contribution in [0.15, 0.2) is 167 Å². The Labute approximate surface area is 468 Å². The molecule has 0 atom stereocenters. The van der Waals surface area contributed by atoms with Crippen molar-refractivity contribution < 1.29 is 54.6 Å². The lowest BCUT2D eigenvalue weighted by atomic mass is 10.0. The lowest BCUT2D eigenvalue weighted by Gasteiger charge is -2.11. The van der Waals surface area contributed by atoms with Crippen LogP contribution in [0.1, 0.15) is 27.0 Å². The molecule has 4 N–H and O–H groups in total. The van der Waals surface area contributed by atoms with Crippen molar-refractivity contribution in [2.45, 2.75) is 35.5 Å². The molecule has 27 heteroatoms. The van der Waals surface area contributed by atoms with E-state index in [0.29, 0.717) is 49.2 Å². The number of hydrogen-bond donors (Lipinski definition) is 4. The summed E-state index contributed by atoms with van der Waals surface area (Å²) in [5, 5.41) is 69.0. The molecule has 0 aliphatic heterocycles. The molecule has 9 aromatic carbocycles. The molecule has 11 aromatic rings. The third-order valence-electron chi connectivity index (χ3n) is 13.2. The van der Waals surface area contributed by atoms with Gasteiger partial charge in [0.15, 0.2) is 5.75 Å². The van der Waals surface area contributed by atoms with Crippen molar-refractivity contribution in [2.75, 3.05) is 21.3 Å². The Morgan fingerprint density at radius 3 is 1.82 bits per heavy atom. The molecule has 0 saturated heterocycles. The molecular weight excluding hydrogens is 1120 g/mol. The molecule has 11 rings (SSSR count). The van der Waals surface area contributed by atoms with Crippen LogP contribution in [0.4, 0.5) is 34.1 Å². The number of azo groups is 3. The number of nitrogens with zero attached hydrogens (tertiary/aromatic N) is 12. The maximum Gasteiger partial charge on any atom is 0.338 e. The van der Waals surface area contributed by atoms with Crippen LogP contribution in [0.2, 0.25) is 0 Å². The number of aromatic carboxylic acids is 1. The molecule has 82 heavy (non-hydrogen) atoms. The molecule has 0 amide bonds. The number of hydrogen-bond acceptors (Lipinski definition) is 20. The molecule has 24 nitrogen and oxygen atoms in total. The van der Waals surface area contributed by atoms with E-state index in [0.717, 1.165) is 40.0 Å².